The maximum absolute atomic E-state index is 11.5. The minimum Gasteiger partial charge on any atom is -0.465 e. The molecule has 100 valence electrons. The summed E-state index contributed by atoms with van der Waals surface area (Å²) in [6.45, 7) is 1.54. The van der Waals surface area contributed by atoms with Crippen LogP contribution in [0.5, 0.6) is 0 Å². The number of esters is 1. The van der Waals surface area contributed by atoms with E-state index < -0.39 is 13.6 Å². The van der Waals surface area contributed by atoms with Crippen LogP contribution in [0.15, 0.2) is 0 Å². The zero-order chi connectivity index (χ0) is 13.3. The summed E-state index contributed by atoms with van der Waals surface area (Å²) in [4.78, 5) is 21.7. The summed E-state index contributed by atoms with van der Waals surface area (Å²) in [6.07, 6.45) is 0.0791. The number of hydrogen-bond acceptors (Lipinski definition) is 6. The van der Waals surface area contributed by atoms with E-state index in [4.69, 9.17) is 4.74 Å². The quantitative estimate of drug-likeness (QED) is 0.510. The van der Waals surface area contributed by atoms with Crippen LogP contribution in [-0.2, 0) is 27.9 Å². The fourth-order valence-electron chi connectivity index (χ4n) is 0.941. The van der Waals surface area contributed by atoms with Gasteiger partial charge in [-0.25, -0.2) is 0 Å². The monoisotopic (exact) mass is 267 g/mol. The van der Waals surface area contributed by atoms with Crippen molar-refractivity contribution in [3.63, 3.8) is 0 Å². The maximum atomic E-state index is 11.5. The van der Waals surface area contributed by atoms with Gasteiger partial charge in [0.15, 0.2) is 0 Å². The van der Waals surface area contributed by atoms with Crippen molar-refractivity contribution in [2.45, 2.75) is 13.3 Å². The smallest absolute Gasteiger partial charge is 0.333 e. The minimum atomic E-state index is -3.13. The van der Waals surface area contributed by atoms with Crippen molar-refractivity contribution in [3.8, 4) is 0 Å². The van der Waals surface area contributed by atoms with Crippen molar-refractivity contribution in [1.82, 2.24) is 5.32 Å². The van der Waals surface area contributed by atoms with E-state index in [2.05, 4.69) is 14.4 Å². The Morgan fingerprint density at radius 1 is 1.24 bits per heavy atom. The normalized spacial score (nSPS) is 11.0. The van der Waals surface area contributed by atoms with Crippen LogP contribution >= 0.6 is 7.60 Å². The summed E-state index contributed by atoms with van der Waals surface area (Å²) in [5, 5.41) is 2.46. The average Bonchev–Trinajstić information content (AvgIpc) is 2.28. The number of carbonyl (C=O) groups excluding carboxylic acids is 2. The first-order valence-electron chi connectivity index (χ1n) is 5.04. The van der Waals surface area contributed by atoms with E-state index in [0.717, 1.165) is 0 Å². The van der Waals surface area contributed by atoms with Crippen LogP contribution in [0.25, 0.3) is 0 Å². The van der Waals surface area contributed by atoms with Crippen molar-refractivity contribution < 1.29 is 27.9 Å². The Bertz CT molecular complexity index is 298. The number of rotatable bonds is 8. The first-order valence-corrected chi connectivity index (χ1v) is 6.77. The van der Waals surface area contributed by atoms with Gasteiger partial charge in [-0.3, -0.25) is 14.2 Å². The van der Waals surface area contributed by atoms with Gasteiger partial charge in [-0.05, 0) is 0 Å². The topological polar surface area (TPSA) is 90.9 Å². The molecule has 0 heterocycles. The van der Waals surface area contributed by atoms with E-state index in [-0.39, 0.29) is 31.6 Å². The first-order chi connectivity index (χ1) is 7.93. The molecule has 0 aliphatic carbocycles. The molecule has 0 saturated carbocycles. The van der Waals surface area contributed by atoms with Gasteiger partial charge in [-0.15, -0.1) is 0 Å². The standard InChI is InChI=1S/C9H18NO6P/c1-8(11)10-5-4-9(12)16-6-7-17(13,14-2)15-3/h4-7H2,1-3H3,(H,10,11). The molecule has 0 radical (unpaired) electrons. The average molecular weight is 267 g/mol. The third-order valence-corrected chi connectivity index (χ3v) is 3.73. The third-order valence-electron chi connectivity index (χ3n) is 1.89. The zero-order valence-electron chi connectivity index (χ0n) is 10.2. The Morgan fingerprint density at radius 2 is 1.82 bits per heavy atom. The number of carbonyl (C=O) groups is 2. The highest BCUT2D eigenvalue weighted by Gasteiger charge is 2.21. The molecule has 0 aromatic rings. The van der Waals surface area contributed by atoms with Gasteiger partial charge in [0.25, 0.3) is 0 Å². The molecule has 0 aromatic heterocycles. The van der Waals surface area contributed by atoms with Gasteiger partial charge in [-0.2, -0.15) is 0 Å². The number of nitrogens with one attached hydrogen (secondary N) is 1. The molecule has 0 aromatic carbocycles. The van der Waals surface area contributed by atoms with Crippen molar-refractivity contribution in [3.05, 3.63) is 0 Å². The van der Waals surface area contributed by atoms with E-state index in [0.29, 0.717) is 0 Å². The molecule has 1 amide bonds. The predicted molar refractivity (Wildman–Crippen MR) is 60.8 cm³/mol. The van der Waals surface area contributed by atoms with Crippen molar-refractivity contribution >= 4 is 19.5 Å². The van der Waals surface area contributed by atoms with E-state index in [9.17, 15) is 14.2 Å². The van der Waals surface area contributed by atoms with Gasteiger partial charge in [0.2, 0.25) is 5.91 Å². The SMILES string of the molecule is COP(=O)(CCOC(=O)CCNC(C)=O)OC. The second kappa shape index (κ2) is 8.22. The van der Waals surface area contributed by atoms with Gasteiger partial charge >= 0.3 is 13.6 Å². The second-order valence-electron chi connectivity index (χ2n) is 3.15. The van der Waals surface area contributed by atoms with Crippen LogP contribution in [0.2, 0.25) is 0 Å². The van der Waals surface area contributed by atoms with Crippen LogP contribution in [0.4, 0.5) is 0 Å². The molecular weight excluding hydrogens is 249 g/mol. The number of ether oxygens (including phenoxy) is 1. The summed E-state index contributed by atoms with van der Waals surface area (Å²) >= 11 is 0. The molecule has 0 spiro atoms. The second-order valence-corrected chi connectivity index (χ2v) is 5.55. The van der Waals surface area contributed by atoms with E-state index in [1.165, 1.54) is 21.1 Å². The molecule has 17 heavy (non-hydrogen) atoms. The molecule has 0 aliphatic heterocycles. The van der Waals surface area contributed by atoms with Crippen LogP contribution < -0.4 is 5.32 Å². The number of amides is 1. The zero-order valence-corrected chi connectivity index (χ0v) is 11.1. The largest absolute Gasteiger partial charge is 0.465 e. The minimum absolute atomic E-state index is 0.00583. The van der Waals surface area contributed by atoms with Crippen LogP contribution in [0, 0.1) is 0 Å². The summed E-state index contributed by atoms with van der Waals surface area (Å²) in [5.41, 5.74) is 0. The van der Waals surface area contributed by atoms with Crippen molar-refractivity contribution in [2.24, 2.45) is 0 Å². The number of hydrogen-bond donors (Lipinski definition) is 1. The van der Waals surface area contributed by atoms with Gasteiger partial charge < -0.3 is 19.1 Å². The van der Waals surface area contributed by atoms with Crippen molar-refractivity contribution in [2.75, 3.05) is 33.5 Å². The van der Waals surface area contributed by atoms with Crippen molar-refractivity contribution in [1.29, 1.82) is 0 Å². The molecule has 0 atom stereocenters. The summed E-state index contributed by atoms with van der Waals surface area (Å²) in [6, 6.07) is 0. The molecule has 0 unspecified atom stereocenters. The molecule has 0 aliphatic rings. The Labute approximate surface area is 100 Å². The van der Waals surface area contributed by atoms with E-state index >= 15 is 0 Å². The molecule has 1 N–H and O–H groups in total. The predicted octanol–water partition coefficient (Wildman–Crippen LogP) is 0.542. The Hall–Kier alpha value is -0.910. The van der Waals surface area contributed by atoms with Gasteiger partial charge in [0.1, 0.15) is 6.61 Å². The molecule has 0 fully saturated rings. The molecule has 0 saturated heterocycles. The molecule has 0 rings (SSSR count). The highest BCUT2D eigenvalue weighted by molar-refractivity contribution is 7.53. The van der Waals surface area contributed by atoms with E-state index in [1.54, 1.807) is 0 Å². The lowest BCUT2D eigenvalue weighted by atomic mass is 10.4. The molecule has 7 nitrogen and oxygen atoms in total. The van der Waals surface area contributed by atoms with Gasteiger partial charge in [-0.1, -0.05) is 0 Å². The Balaban J connectivity index is 3.71. The first kappa shape index (κ1) is 16.1. The highest BCUT2D eigenvalue weighted by atomic mass is 31.2. The van der Waals surface area contributed by atoms with Crippen LogP contribution in [0.1, 0.15) is 13.3 Å². The Kier molecular flexibility index (Phi) is 7.78. The summed E-state index contributed by atoms with van der Waals surface area (Å²) < 4.78 is 25.7. The van der Waals surface area contributed by atoms with E-state index in [1.807, 2.05) is 0 Å². The fourth-order valence-corrected chi connectivity index (χ4v) is 1.77. The maximum Gasteiger partial charge on any atom is 0.333 e. The lowest BCUT2D eigenvalue weighted by Crippen LogP contribution is -2.24. The van der Waals surface area contributed by atoms with Gasteiger partial charge in [0.05, 0.1) is 12.6 Å². The lowest BCUT2D eigenvalue weighted by molar-refractivity contribution is -0.142. The third kappa shape index (κ3) is 7.90. The summed E-state index contributed by atoms with van der Waals surface area (Å²) in [5.74, 6) is -0.682. The highest BCUT2D eigenvalue weighted by Crippen LogP contribution is 2.45. The fraction of sp³-hybridized carbons (Fsp3) is 0.778. The molecule has 8 heteroatoms. The molecular formula is C9H18NO6P. The Morgan fingerprint density at radius 3 is 2.29 bits per heavy atom. The molecule has 0 bridgehead atoms. The van der Waals surface area contributed by atoms with Crippen LogP contribution in [-0.4, -0.2) is 45.4 Å². The lowest BCUT2D eigenvalue weighted by Gasteiger charge is -2.13. The van der Waals surface area contributed by atoms with Gasteiger partial charge in [0, 0.05) is 27.7 Å². The summed E-state index contributed by atoms with van der Waals surface area (Å²) in [7, 11) is -0.592. The van der Waals surface area contributed by atoms with Crippen LogP contribution in [0.3, 0.4) is 0 Å².